The molecule has 3 aromatic carbocycles. The number of esters is 1. The lowest BCUT2D eigenvalue weighted by Crippen LogP contribution is -2.24. The minimum atomic E-state index is -0.589. The first-order valence-corrected chi connectivity index (χ1v) is 10.3. The Morgan fingerprint density at radius 2 is 1.84 bits per heavy atom. The quantitative estimate of drug-likeness (QED) is 0.465. The molecule has 0 spiro atoms. The van der Waals surface area contributed by atoms with Gasteiger partial charge >= 0.3 is 5.97 Å². The maximum absolute atomic E-state index is 13.6. The maximum atomic E-state index is 13.6. The van der Waals surface area contributed by atoms with Crippen LogP contribution in [0.15, 0.2) is 77.5 Å². The second kappa shape index (κ2) is 8.59. The average molecular weight is 429 g/mol. The van der Waals surface area contributed by atoms with Crippen LogP contribution in [0.25, 0.3) is 16.8 Å². The van der Waals surface area contributed by atoms with E-state index in [1.807, 2.05) is 49.4 Å². The number of methoxy groups -OCH3 is 1. The van der Waals surface area contributed by atoms with Crippen molar-refractivity contribution >= 4 is 34.4 Å². The number of anilines is 1. The molecule has 3 aromatic rings. The van der Waals surface area contributed by atoms with E-state index >= 15 is 0 Å². The second-order valence-electron chi connectivity index (χ2n) is 7.31. The minimum absolute atomic E-state index is 0.00374. The average Bonchev–Trinajstić information content (AvgIpc) is 3.04. The molecule has 162 valence electrons. The van der Waals surface area contributed by atoms with Crippen LogP contribution < -0.4 is 9.64 Å². The highest BCUT2D eigenvalue weighted by Gasteiger charge is 2.38. The number of hydrogen-bond donors (Lipinski definition) is 1. The molecule has 32 heavy (non-hydrogen) atoms. The molecule has 0 fully saturated rings. The van der Waals surface area contributed by atoms with Crippen LogP contribution in [-0.2, 0) is 14.3 Å². The van der Waals surface area contributed by atoms with Crippen LogP contribution in [0.5, 0.6) is 11.5 Å². The van der Waals surface area contributed by atoms with Crippen molar-refractivity contribution in [1.29, 1.82) is 0 Å². The number of hydrogen-bond acceptors (Lipinski definition) is 5. The molecular weight excluding hydrogens is 406 g/mol. The van der Waals surface area contributed by atoms with E-state index < -0.39 is 5.97 Å². The predicted molar refractivity (Wildman–Crippen MR) is 123 cm³/mol. The molecule has 0 atom stereocenters. The van der Waals surface area contributed by atoms with Crippen molar-refractivity contribution in [2.45, 2.75) is 13.8 Å². The van der Waals surface area contributed by atoms with E-state index in [4.69, 9.17) is 9.47 Å². The molecular formula is C26H23NO5. The first-order valence-electron chi connectivity index (χ1n) is 10.3. The lowest BCUT2D eigenvalue weighted by atomic mass is 10.0. The van der Waals surface area contributed by atoms with Gasteiger partial charge in [-0.3, -0.25) is 9.69 Å². The van der Waals surface area contributed by atoms with Crippen molar-refractivity contribution in [3.05, 3.63) is 83.1 Å². The number of fused-ring (bicyclic) bond motifs is 1. The summed E-state index contributed by atoms with van der Waals surface area (Å²) in [5, 5.41) is 11.9. The van der Waals surface area contributed by atoms with Crippen molar-refractivity contribution < 1.29 is 24.2 Å². The van der Waals surface area contributed by atoms with Crippen LogP contribution in [0.3, 0.4) is 0 Å². The molecule has 1 heterocycles. The highest BCUT2D eigenvalue weighted by atomic mass is 16.5. The van der Waals surface area contributed by atoms with Gasteiger partial charge in [0, 0.05) is 11.1 Å². The summed E-state index contributed by atoms with van der Waals surface area (Å²) >= 11 is 0. The normalized spacial score (nSPS) is 15.0. The van der Waals surface area contributed by atoms with Gasteiger partial charge < -0.3 is 14.6 Å². The first kappa shape index (κ1) is 21.2. The molecule has 0 unspecified atom stereocenters. The number of ether oxygens (including phenoxy) is 2. The summed E-state index contributed by atoms with van der Waals surface area (Å²) in [6, 6.07) is 18.3. The summed E-state index contributed by atoms with van der Waals surface area (Å²) in [6.45, 7) is 3.93. The summed E-state index contributed by atoms with van der Waals surface area (Å²) in [5.41, 5.74) is 2.22. The van der Waals surface area contributed by atoms with Crippen molar-refractivity contribution in [1.82, 2.24) is 0 Å². The number of carbonyl (C=O) groups excluding carboxylic acids is 2. The van der Waals surface area contributed by atoms with E-state index in [0.29, 0.717) is 29.3 Å². The van der Waals surface area contributed by atoms with Gasteiger partial charge in [0.2, 0.25) is 0 Å². The predicted octanol–water partition coefficient (Wildman–Crippen LogP) is 4.82. The van der Waals surface area contributed by atoms with Crippen molar-refractivity contribution in [3.8, 4) is 11.5 Å². The van der Waals surface area contributed by atoms with Gasteiger partial charge in [0.25, 0.3) is 5.91 Å². The molecule has 1 aliphatic rings. The van der Waals surface area contributed by atoms with E-state index in [1.165, 1.54) is 13.2 Å². The fourth-order valence-electron chi connectivity index (χ4n) is 3.93. The molecule has 6 heteroatoms. The molecule has 0 saturated carbocycles. The lowest BCUT2D eigenvalue weighted by Gasteiger charge is -2.20. The van der Waals surface area contributed by atoms with E-state index in [-0.39, 0.29) is 22.8 Å². The Hall–Kier alpha value is -4.06. The minimum Gasteiger partial charge on any atom is -0.504 e. The monoisotopic (exact) mass is 429 g/mol. The first-order chi connectivity index (χ1) is 15.5. The molecule has 6 nitrogen and oxygen atoms in total. The second-order valence-corrected chi connectivity index (χ2v) is 7.31. The largest absolute Gasteiger partial charge is 0.504 e. The molecule has 1 amide bonds. The summed E-state index contributed by atoms with van der Waals surface area (Å²) in [5.74, 6) is -0.610. The van der Waals surface area contributed by atoms with Gasteiger partial charge in [-0.25, -0.2) is 4.79 Å². The molecule has 1 N–H and O–H groups in total. The number of carbonyl (C=O) groups is 2. The van der Waals surface area contributed by atoms with Gasteiger partial charge in [-0.1, -0.05) is 42.5 Å². The van der Waals surface area contributed by atoms with Crippen molar-refractivity contribution in [2.75, 3.05) is 18.6 Å². The number of amides is 1. The summed E-state index contributed by atoms with van der Waals surface area (Å²) in [7, 11) is 1.29. The summed E-state index contributed by atoms with van der Waals surface area (Å²) < 4.78 is 10.4. The summed E-state index contributed by atoms with van der Waals surface area (Å²) in [6.07, 6.45) is 1.62. The summed E-state index contributed by atoms with van der Waals surface area (Å²) in [4.78, 5) is 27.8. The maximum Gasteiger partial charge on any atom is 0.340 e. The lowest BCUT2D eigenvalue weighted by molar-refractivity contribution is -0.136. The topological polar surface area (TPSA) is 76.1 Å². The Balaban J connectivity index is 1.88. The van der Waals surface area contributed by atoms with E-state index in [1.54, 1.807) is 30.0 Å². The highest BCUT2D eigenvalue weighted by molar-refractivity contribution is 6.25. The Bertz CT molecular complexity index is 1280. The van der Waals surface area contributed by atoms with Crippen LogP contribution in [0.1, 0.15) is 19.4 Å². The number of benzene rings is 3. The zero-order valence-corrected chi connectivity index (χ0v) is 18.1. The fraction of sp³-hybridized carbons (Fsp3) is 0.154. The standard InChI is InChI=1S/C26H23NO5/c1-4-32-23-15-17(12-13-22(23)28)14-20-24(26(30)31-3)16(2)27(25(20)29)21-11-7-9-18-8-5-6-10-19(18)21/h5-15,28H,4H2,1-3H3. The van der Waals surface area contributed by atoms with Crippen LogP contribution >= 0.6 is 0 Å². The molecule has 4 rings (SSSR count). The molecule has 0 saturated heterocycles. The van der Waals surface area contributed by atoms with Gasteiger partial charge in [-0.15, -0.1) is 0 Å². The zero-order chi connectivity index (χ0) is 22.8. The van der Waals surface area contributed by atoms with Crippen LogP contribution in [-0.4, -0.2) is 30.7 Å². The van der Waals surface area contributed by atoms with Gasteiger partial charge in [-0.2, -0.15) is 0 Å². The van der Waals surface area contributed by atoms with E-state index in [2.05, 4.69) is 0 Å². The van der Waals surface area contributed by atoms with Crippen LogP contribution in [0.2, 0.25) is 0 Å². The molecule has 0 radical (unpaired) electrons. The van der Waals surface area contributed by atoms with Crippen molar-refractivity contribution in [2.24, 2.45) is 0 Å². The number of rotatable bonds is 5. The fourth-order valence-corrected chi connectivity index (χ4v) is 3.93. The molecule has 0 aliphatic carbocycles. The number of allylic oxidation sites excluding steroid dienone is 1. The third-order valence-electron chi connectivity index (χ3n) is 5.39. The number of phenols is 1. The van der Waals surface area contributed by atoms with Crippen molar-refractivity contribution in [3.63, 3.8) is 0 Å². The zero-order valence-electron chi connectivity index (χ0n) is 18.1. The molecule has 0 bridgehead atoms. The highest BCUT2D eigenvalue weighted by Crippen LogP contribution is 2.39. The van der Waals surface area contributed by atoms with Gasteiger partial charge in [0.15, 0.2) is 11.5 Å². The Morgan fingerprint density at radius 1 is 1.09 bits per heavy atom. The van der Waals surface area contributed by atoms with Crippen LogP contribution in [0.4, 0.5) is 5.69 Å². The van der Waals surface area contributed by atoms with E-state index in [0.717, 1.165) is 10.8 Å². The number of nitrogens with zero attached hydrogens (tertiary/aromatic N) is 1. The smallest absolute Gasteiger partial charge is 0.340 e. The van der Waals surface area contributed by atoms with E-state index in [9.17, 15) is 14.7 Å². The molecule has 0 aromatic heterocycles. The third kappa shape index (κ3) is 3.60. The van der Waals surface area contributed by atoms with Gasteiger partial charge in [-0.05, 0) is 49.1 Å². The number of phenolic OH excluding ortho intramolecular Hbond substituents is 1. The Kier molecular flexibility index (Phi) is 5.69. The Labute approximate surface area is 186 Å². The third-order valence-corrected chi connectivity index (χ3v) is 5.39. The molecule has 1 aliphatic heterocycles. The Morgan fingerprint density at radius 3 is 2.59 bits per heavy atom. The van der Waals surface area contributed by atoms with Gasteiger partial charge in [0.1, 0.15) is 0 Å². The van der Waals surface area contributed by atoms with Gasteiger partial charge in [0.05, 0.1) is 30.6 Å². The SMILES string of the molecule is CCOc1cc(C=C2C(=O)N(c3cccc4ccccc34)C(C)=C2C(=O)OC)ccc1O. The number of aromatic hydroxyl groups is 1. The van der Waals surface area contributed by atoms with Crippen LogP contribution in [0, 0.1) is 0 Å².